The number of nitrogens with zero attached hydrogens (tertiary/aromatic N) is 5. The van der Waals surface area contributed by atoms with Gasteiger partial charge in [0.2, 0.25) is 0 Å². The fraction of sp³-hybridized carbons (Fsp3) is 0.182. The van der Waals surface area contributed by atoms with Gasteiger partial charge in [0.1, 0.15) is 28.2 Å². The summed E-state index contributed by atoms with van der Waals surface area (Å²) in [6.45, 7) is 5.20. The van der Waals surface area contributed by atoms with Crippen molar-refractivity contribution in [1.29, 1.82) is 0 Å². The number of benzene rings is 1. The van der Waals surface area contributed by atoms with Gasteiger partial charge < -0.3 is 10.6 Å². The average Bonchev–Trinajstić information content (AvgIpc) is 3.01. The number of nitrogens with one attached hydrogen (secondary N) is 3. The highest BCUT2D eigenvalue weighted by Gasteiger charge is 2.23. The molecule has 0 fully saturated rings. The fourth-order valence-electron chi connectivity index (χ4n) is 3.38. The molecule has 4 aromatic rings. The van der Waals surface area contributed by atoms with Gasteiger partial charge in [-0.15, -0.1) is 0 Å². The lowest BCUT2D eigenvalue weighted by Crippen LogP contribution is -2.14. The number of anilines is 5. The zero-order valence-corrected chi connectivity index (χ0v) is 19.5. The molecule has 10 nitrogen and oxygen atoms in total. The minimum Gasteiger partial charge on any atom is -0.340 e. The Morgan fingerprint density at radius 1 is 0.848 bits per heavy atom. The second kappa shape index (κ2) is 8.87. The summed E-state index contributed by atoms with van der Waals surface area (Å²) in [5.74, 6) is 2.47. The maximum atomic E-state index is 12.8. The monoisotopic (exact) mass is 464 g/mol. The van der Waals surface area contributed by atoms with E-state index in [1.807, 2.05) is 18.2 Å². The first-order chi connectivity index (χ1) is 15.7. The highest BCUT2D eigenvalue weighted by Crippen LogP contribution is 2.24. The third kappa shape index (κ3) is 5.09. The van der Waals surface area contributed by atoms with E-state index in [4.69, 9.17) is 0 Å². The molecule has 0 aliphatic rings. The van der Waals surface area contributed by atoms with Gasteiger partial charge in [0.15, 0.2) is 0 Å². The van der Waals surface area contributed by atoms with Crippen LogP contribution in [0.5, 0.6) is 0 Å². The first kappa shape index (κ1) is 22.2. The smallest absolute Gasteiger partial charge is 0.265 e. The predicted molar refractivity (Wildman–Crippen MR) is 128 cm³/mol. The Balaban J connectivity index is 1.49. The molecule has 4 rings (SSSR count). The summed E-state index contributed by atoms with van der Waals surface area (Å²) in [7, 11) is -2.04. The van der Waals surface area contributed by atoms with Gasteiger partial charge in [-0.05, 0) is 57.2 Å². The van der Waals surface area contributed by atoms with Crippen LogP contribution in [0.25, 0.3) is 0 Å². The summed E-state index contributed by atoms with van der Waals surface area (Å²) in [6, 6.07) is 14.2. The van der Waals surface area contributed by atoms with Gasteiger partial charge in [0.05, 0.1) is 11.4 Å². The summed E-state index contributed by atoms with van der Waals surface area (Å²) in [5.41, 5.74) is 2.22. The molecule has 3 N–H and O–H groups in total. The van der Waals surface area contributed by atoms with Crippen LogP contribution in [0.3, 0.4) is 0 Å². The van der Waals surface area contributed by atoms with E-state index < -0.39 is 10.0 Å². The number of aromatic nitrogens is 5. The van der Waals surface area contributed by atoms with E-state index in [0.717, 1.165) is 5.69 Å². The minimum atomic E-state index is -3.76. The van der Waals surface area contributed by atoms with Gasteiger partial charge >= 0.3 is 0 Å². The second-order valence-corrected chi connectivity index (χ2v) is 9.08. The maximum absolute atomic E-state index is 12.8. The maximum Gasteiger partial charge on any atom is 0.265 e. The Morgan fingerprint density at radius 3 is 2.12 bits per heavy atom. The van der Waals surface area contributed by atoms with E-state index in [2.05, 4.69) is 35.4 Å². The molecule has 3 heterocycles. The normalized spacial score (nSPS) is 11.3. The molecule has 11 heteroatoms. The van der Waals surface area contributed by atoms with Crippen LogP contribution in [-0.2, 0) is 17.1 Å². The highest BCUT2D eigenvalue weighted by molar-refractivity contribution is 7.92. The van der Waals surface area contributed by atoms with E-state index in [1.54, 1.807) is 69.0 Å². The van der Waals surface area contributed by atoms with E-state index in [1.165, 1.54) is 0 Å². The molecule has 0 aliphatic carbocycles. The summed E-state index contributed by atoms with van der Waals surface area (Å²) in [5, 5.41) is 10.5. The number of hydrogen-bond donors (Lipinski definition) is 3. The quantitative estimate of drug-likeness (QED) is 0.377. The van der Waals surface area contributed by atoms with Crippen LogP contribution < -0.4 is 15.4 Å². The molecule has 0 bridgehead atoms. The van der Waals surface area contributed by atoms with Gasteiger partial charge in [-0.1, -0.05) is 6.07 Å². The van der Waals surface area contributed by atoms with E-state index in [-0.39, 0.29) is 4.90 Å². The van der Waals surface area contributed by atoms with Crippen molar-refractivity contribution in [2.45, 2.75) is 25.7 Å². The van der Waals surface area contributed by atoms with Crippen molar-refractivity contribution >= 4 is 38.9 Å². The first-order valence-electron chi connectivity index (χ1n) is 10.1. The summed E-state index contributed by atoms with van der Waals surface area (Å²) in [6.07, 6.45) is 1.70. The van der Waals surface area contributed by atoms with Crippen LogP contribution in [0.4, 0.5) is 28.8 Å². The summed E-state index contributed by atoms with van der Waals surface area (Å²) >= 11 is 0. The highest BCUT2D eigenvalue weighted by atomic mass is 32.2. The summed E-state index contributed by atoms with van der Waals surface area (Å²) < 4.78 is 29.9. The van der Waals surface area contributed by atoms with Gasteiger partial charge in [0, 0.05) is 30.7 Å². The molecule has 33 heavy (non-hydrogen) atoms. The van der Waals surface area contributed by atoms with Crippen LogP contribution in [0.1, 0.15) is 17.2 Å². The average molecular weight is 465 g/mol. The van der Waals surface area contributed by atoms with Crippen molar-refractivity contribution < 1.29 is 8.42 Å². The molecule has 0 saturated carbocycles. The molecule has 3 aromatic heterocycles. The van der Waals surface area contributed by atoms with Crippen LogP contribution >= 0.6 is 0 Å². The Kier molecular flexibility index (Phi) is 5.97. The van der Waals surface area contributed by atoms with E-state index in [0.29, 0.717) is 40.4 Å². The molecule has 0 saturated heterocycles. The van der Waals surface area contributed by atoms with Crippen molar-refractivity contribution in [1.82, 2.24) is 24.7 Å². The molecular formula is C22H24N8O2S. The number of hydrogen-bond acceptors (Lipinski definition) is 8. The van der Waals surface area contributed by atoms with E-state index >= 15 is 0 Å². The van der Waals surface area contributed by atoms with Crippen molar-refractivity contribution in [3.63, 3.8) is 0 Å². The van der Waals surface area contributed by atoms with Gasteiger partial charge in [-0.3, -0.25) is 9.40 Å². The lowest BCUT2D eigenvalue weighted by molar-refractivity contribution is 0.599. The van der Waals surface area contributed by atoms with Crippen LogP contribution in [0.2, 0.25) is 0 Å². The molecule has 0 unspecified atom stereocenters. The van der Waals surface area contributed by atoms with Gasteiger partial charge in [0.25, 0.3) is 10.0 Å². The van der Waals surface area contributed by atoms with Crippen molar-refractivity contribution in [3.05, 3.63) is 71.9 Å². The first-order valence-corrected chi connectivity index (χ1v) is 11.6. The Morgan fingerprint density at radius 2 is 1.52 bits per heavy atom. The number of pyridine rings is 1. The SMILES string of the molecule is Cc1nc(Nc2ccc(NS(=O)(=O)c3c(C)nn(C)c3C)cc2)cc(Nc2ccccn2)n1. The fourth-order valence-corrected chi connectivity index (χ4v) is 4.88. The van der Waals surface area contributed by atoms with Crippen molar-refractivity contribution in [2.75, 3.05) is 15.4 Å². The molecule has 0 radical (unpaired) electrons. The largest absolute Gasteiger partial charge is 0.340 e. The van der Waals surface area contributed by atoms with E-state index in [9.17, 15) is 8.42 Å². The van der Waals surface area contributed by atoms with Gasteiger partial charge in [-0.25, -0.2) is 23.4 Å². The minimum absolute atomic E-state index is 0.191. The molecule has 0 atom stereocenters. The number of sulfonamides is 1. The molecule has 0 aliphatic heterocycles. The van der Waals surface area contributed by atoms with Crippen molar-refractivity contribution in [3.8, 4) is 0 Å². The zero-order chi connectivity index (χ0) is 23.6. The molecule has 0 spiro atoms. The Bertz CT molecular complexity index is 1380. The van der Waals surface area contributed by atoms with Crippen LogP contribution in [0, 0.1) is 20.8 Å². The number of aryl methyl sites for hydroxylation is 3. The zero-order valence-electron chi connectivity index (χ0n) is 18.7. The Hall–Kier alpha value is -3.99. The predicted octanol–water partition coefficient (Wildman–Crippen LogP) is 3.82. The van der Waals surface area contributed by atoms with Crippen LogP contribution in [-0.4, -0.2) is 33.2 Å². The molecule has 0 amide bonds. The lowest BCUT2D eigenvalue weighted by atomic mass is 10.3. The Labute approximate surface area is 192 Å². The topological polar surface area (TPSA) is 127 Å². The second-order valence-electron chi connectivity index (χ2n) is 7.46. The van der Waals surface area contributed by atoms with Crippen molar-refractivity contribution in [2.24, 2.45) is 7.05 Å². The van der Waals surface area contributed by atoms with Gasteiger partial charge in [-0.2, -0.15) is 5.10 Å². The van der Waals surface area contributed by atoms with Crippen LogP contribution in [0.15, 0.2) is 59.6 Å². The molecular weight excluding hydrogens is 440 g/mol. The lowest BCUT2D eigenvalue weighted by Gasteiger charge is -2.11. The molecule has 1 aromatic carbocycles. The third-order valence-corrected chi connectivity index (χ3v) is 6.51. The standard InChI is InChI=1S/C22H24N8O2S/c1-14-22(15(2)30(4)28-14)33(31,32)29-18-10-8-17(9-11-18)26-20-13-21(25-16(3)24-20)27-19-7-5-6-12-23-19/h5-13,29H,1-4H3,(H2,23,24,25,26,27). The third-order valence-electron chi connectivity index (χ3n) is 4.88. The summed E-state index contributed by atoms with van der Waals surface area (Å²) in [4.78, 5) is 13.2. The molecule has 170 valence electrons. The number of rotatable bonds is 7.